The van der Waals surface area contributed by atoms with Gasteiger partial charge in [0.25, 0.3) is 0 Å². The number of hydrogen-bond donors (Lipinski definition) is 1. The molecule has 86 valence electrons. The molecule has 1 aliphatic rings. The Hall–Kier alpha value is -1.28. The average Bonchev–Trinajstić information content (AvgIpc) is 2.30. The van der Waals surface area contributed by atoms with Crippen molar-refractivity contribution in [2.75, 3.05) is 6.61 Å². The smallest absolute Gasteiger partial charge is 0.119 e. The van der Waals surface area contributed by atoms with Crippen LogP contribution in [0.2, 0.25) is 0 Å². The molecular weight excluding hydrogens is 198 g/mol. The van der Waals surface area contributed by atoms with E-state index in [1.807, 2.05) is 19.1 Å². The monoisotopic (exact) mass is 217 g/mol. The SMILES string of the molecule is CCOc1ccc(C2=CC(N)CCC2)cc1. The highest BCUT2D eigenvalue weighted by Gasteiger charge is 2.11. The number of nitrogens with two attached hydrogens (primary N) is 1. The Balaban J connectivity index is 2.15. The van der Waals surface area contributed by atoms with Crippen LogP contribution in [-0.4, -0.2) is 12.6 Å². The first kappa shape index (κ1) is 11.2. The summed E-state index contributed by atoms with van der Waals surface area (Å²) in [6.07, 6.45) is 5.64. The van der Waals surface area contributed by atoms with E-state index >= 15 is 0 Å². The highest BCUT2D eigenvalue weighted by atomic mass is 16.5. The van der Waals surface area contributed by atoms with Crippen LogP contribution >= 0.6 is 0 Å². The lowest BCUT2D eigenvalue weighted by atomic mass is 9.91. The van der Waals surface area contributed by atoms with E-state index in [1.165, 1.54) is 17.6 Å². The van der Waals surface area contributed by atoms with Gasteiger partial charge in [-0.15, -0.1) is 0 Å². The molecule has 2 N–H and O–H groups in total. The molecule has 2 rings (SSSR count). The van der Waals surface area contributed by atoms with Gasteiger partial charge in [-0.3, -0.25) is 0 Å². The fraction of sp³-hybridized carbons (Fsp3) is 0.429. The van der Waals surface area contributed by atoms with E-state index in [4.69, 9.17) is 10.5 Å². The van der Waals surface area contributed by atoms with Crippen molar-refractivity contribution in [3.05, 3.63) is 35.9 Å². The van der Waals surface area contributed by atoms with Crippen molar-refractivity contribution in [3.8, 4) is 5.75 Å². The minimum Gasteiger partial charge on any atom is -0.494 e. The van der Waals surface area contributed by atoms with Gasteiger partial charge < -0.3 is 10.5 Å². The van der Waals surface area contributed by atoms with Gasteiger partial charge in [-0.25, -0.2) is 0 Å². The molecule has 1 aromatic carbocycles. The zero-order valence-electron chi connectivity index (χ0n) is 9.78. The zero-order chi connectivity index (χ0) is 11.4. The van der Waals surface area contributed by atoms with E-state index < -0.39 is 0 Å². The minimum absolute atomic E-state index is 0.232. The zero-order valence-corrected chi connectivity index (χ0v) is 9.78. The van der Waals surface area contributed by atoms with Crippen molar-refractivity contribution in [2.24, 2.45) is 5.73 Å². The van der Waals surface area contributed by atoms with Crippen molar-refractivity contribution in [1.29, 1.82) is 0 Å². The van der Waals surface area contributed by atoms with Crippen LogP contribution in [0.25, 0.3) is 5.57 Å². The summed E-state index contributed by atoms with van der Waals surface area (Å²) in [4.78, 5) is 0. The summed E-state index contributed by atoms with van der Waals surface area (Å²) >= 11 is 0. The molecule has 1 atom stereocenters. The largest absolute Gasteiger partial charge is 0.494 e. The highest BCUT2D eigenvalue weighted by molar-refractivity contribution is 5.67. The lowest BCUT2D eigenvalue weighted by Crippen LogP contribution is -2.19. The molecule has 0 bridgehead atoms. The molecule has 0 aliphatic heterocycles. The summed E-state index contributed by atoms with van der Waals surface area (Å²) in [5, 5.41) is 0. The minimum atomic E-state index is 0.232. The van der Waals surface area contributed by atoms with Crippen LogP contribution < -0.4 is 10.5 Å². The molecule has 0 radical (unpaired) electrons. The van der Waals surface area contributed by atoms with E-state index in [2.05, 4.69) is 18.2 Å². The van der Waals surface area contributed by atoms with Gasteiger partial charge in [0.2, 0.25) is 0 Å². The second kappa shape index (κ2) is 5.17. The molecule has 1 aromatic rings. The Bertz CT molecular complexity index is 367. The Kier molecular flexibility index (Phi) is 3.62. The molecule has 2 nitrogen and oxygen atoms in total. The average molecular weight is 217 g/mol. The third-order valence-electron chi connectivity index (χ3n) is 2.93. The van der Waals surface area contributed by atoms with Crippen LogP contribution in [0.15, 0.2) is 30.3 Å². The van der Waals surface area contributed by atoms with Gasteiger partial charge in [0, 0.05) is 6.04 Å². The number of allylic oxidation sites excluding steroid dienone is 1. The van der Waals surface area contributed by atoms with Gasteiger partial charge in [-0.2, -0.15) is 0 Å². The van der Waals surface area contributed by atoms with Crippen molar-refractivity contribution in [2.45, 2.75) is 32.2 Å². The highest BCUT2D eigenvalue weighted by Crippen LogP contribution is 2.27. The topological polar surface area (TPSA) is 35.2 Å². The number of hydrogen-bond acceptors (Lipinski definition) is 2. The summed E-state index contributed by atoms with van der Waals surface area (Å²) < 4.78 is 5.43. The maximum absolute atomic E-state index is 5.94. The molecular formula is C14H19NO. The summed E-state index contributed by atoms with van der Waals surface area (Å²) in [5.74, 6) is 0.937. The van der Waals surface area contributed by atoms with Gasteiger partial charge in [0.05, 0.1) is 6.61 Å². The summed E-state index contributed by atoms with van der Waals surface area (Å²) in [6.45, 7) is 2.71. The summed E-state index contributed by atoms with van der Waals surface area (Å²) in [7, 11) is 0. The summed E-state index contributed by atoms with van der Waals surface area (Å²) in [6, 6.07) is 8.53. The second-order valence-electron chi connectivity index (χ2n) is 4.21. The first-order valence-corrected chi connectivity index (χ1v) is 5.99. The van der Waals surface area contributed by atoms with Crippen molar-refractivity contribution < 1.29 is 4.74 Å². The molecule has 0 spiro atoms. The van der Waals surface area contributed by atoms with E-state index in [9.17, 15) is 0 Å². The molecule has 0 heterocycles. The molecule has 0 aromatic heterocycles. The Labute approximate surface area is 97.1 Å². The fourth-order valence-corrected chi connectivity index (χ4v) is 2.13. The van der Waals surface area contributed by atoms with Gasteiger partial charge >= 0.3 is 0 Å². The van der Waals surface area contributed by atoms with Crippen LogP contribution in [0.3, 0.4) is 0 Å². The molecule has 0 saturated carbocycles. The standard InChI is InChI=1S/C14H19NO/c1-2-16-14-8-6-11(7-9-14)12-4-3-5-13(15)10-12/h6-10,13H,2-5,15H2,1H3. The Morgan fingerprint density at radius 3 is 2.69 bits per heavy atom. The van der Waals surface area contributed by atoms with E-state index in [0.717, 1.165) is 18.6 Å². The molecule has 1 unspecified atom stereocenters. The normalized spacial score (nSPS) is 20.4. The van der Waals surface area contributed by atoms with Gasteiger partial charge in [0.1, 0.15) is 5.75 Å². The van der Waals surface area contributed by atoms with E-state index in [-0.39, 0.29) is 6.04 Å². The summed E-state index contributed by atoms with van der Waals surface area (Å²) in [5.41, 5.74) is 8.59. The molecule has 0 amide bonds. The van der Waals surface area contributed by atoms with E-state index in [1.54, 1.807) is 0 Å². The van der Waals surface area contributed by atoms with Crippen LogP contribution in [0.4, 0.5) is 0 Å². The number of ether oxygens (including phenoxy) is 1. The van der Waals surface area contributed by atoms with Crippen molar-refractivity contribution in [1.82, 2.24) is 0 Å². The molecule has 0 fully saturated rings. The Morgan fingerprint density at radius 1 is 1.31 bits per heavy atom. The van der Waals surface area contributed by atoms with Crippen LogP contribution in [-0.2, 0) is 0 Å². The Morgan fingerprint density at radius 2 is 2.06 bits per heavy atom. The molecule has 0 saturated heterocycles. The first-order valence-electron chi connectivity index (χ1n) is 5.99. The maximum Gasteiger partial charge on any atom is 0.119 e. The molecule has 1 aliphatic carbocycles. The van der Waals surface area contributed by atoms with Gasteiger partial charge in [-0.1, -0.05) is 18.2 Å². The number of benzene rings is 1. The van der Waals surface area contributed by atoms with Crippen LogP contribution in [0.5, 0.6) is 5.75 Å². The lowest BCUT2D eigenvalue weighted by molar-refractivity contribution is 0.340. The number of rotatable bonds is 3. The van der Waals surface area contributed by atoms with E-state index in [0.29, 0.717) is 6.61 Å². The third kappa shape index (κ3) is 2.64. The molecule has 16 heavy (non-hydrogen) atoms. The molecule has 2 heteroatoms. The quantitative estimate of drug-likeness (QED) is 0.844. The van der Waals surface area contributed by atoms with Gasteiger partial charge in [0.15, 0.2) is 0 Å². The fourth-order valence-electron chi connectivity index (χ4n) is 2.13. The second-order valence-corrected chi connectivity index (χ2v) is 4.21. The third-order valence-corrected chi connectivity index (χ3v) is 2.93. The van der Waals surface area contributed by atoms with Crippen LogP contribution in [0.1, 0.15) is 31.7 Å². The lowest BCUT2D eigenvalue weighted by Gasteiger charge is -2.18. The predicted octanol–water partition coefficient (Wildman–Crippen LogP) is 2.98. The first-order chi connectivity index (χ1) is 7.79. The van der Waals surface area contributed by atoms with Crippen LogP contribution in [0, 0.1) is 0 Å². The van der Waals surface area contributed by atoms with Gasteiger partial charge in [-0.05, 0) is 49.5 Å². The predicted molar refractivity (Wildman–Crippen MR) is 67.4 cm³/mol. The maximum atomic E-state index is 5.94. The van der Waals surface area contributed by atoms with Crippen molar-refractivity contribution in [3.63, 3.8) is 0 Å². The van der Waals surface area contributed by atoms with Crippen molar-refractivity contribution >= 4 is 5.57 Å².